The van der Waals surface area contributed by atoms with E-state index in [-0.39, 0.29) is 0 Å². The second kappa shape index (κ2) is 8.51. The Morgan fingerprint density at radius 3 is 2.73 bits per heavy atom. The molecule has 3 heterocycles. The van der Waals surface area contributed by atoms with Gasteiger partial charge in [0.15, 0.2) is 5.82 Å². The Kier molecular flexibility index (Phi) is 5.88. The van der Waals surface area contributed by atoms with Crippen LogP contribution in [0.1, 0.15) is 34.9 Å². The minimum atomic E-state index is -1.62. The van der Waals surface area contributed by atoms with Gasteiger partial charge in [0.2, 0.25) is 11.9 Å². The molecule has 2 atom stereocenters. The van der Waals surface area contributed by atoms with E-state index in [1.165, 1.54) is 28.5 Å². The molecule has 3 aromatic rings. The molecule has 33 heavy (non-hydrogen) atoms. The number of fused-ring (bicyclic) bond motifs is 1. The Balaban J connectivity index is 1.50. The highest BCUT2D eigenvalue weighted by molar-refractivity contribution is 6.34. The number of aliphatic hydroxyl groups excluding tert-OH is 1. The number of hydrogen-bond acceptors (Lipinski definition) is 7. The molecule has 170 valence electrons. The number of anilines is 3. The minimum Gasteiger partial charge on any atom is -0.391 e. The van der Waals surface area contributed by atoms with Gasteiger partial charge in [-0.3, -0.25) is 9.48 Å². The number of nitrogens with zero attached hydrogens (tertiary/aromatic N) is 5. The van der Waals surface area contributed by atoms with E-state index < -0.39 is 17.4 Å². The molecule has 0 bridgehead atoms. The molecular formula is C23H28BN7O2. The van der Waals surface area contributed by atoms with E-state index in [9.17, 15) is 9.90 Å². The molecule has 0 fully saturated rings. The van der Waals surface area contributed by atoms with Gasteiger partial charge in [-0.15, -0.1) is 0 Å². The standard InChI is InChI=1S/C23H28BN7O2/c1-13-6-7-18(14(2)8-13)12-31-11-17(10-26-31)9-25-22-27-15(3)19-20(29-22)30(5)23(24,16(4)32)21(33)28-19/h6-8,10-11,16,32H,9,12H2,1-5H3,(H,28,33)(H,25,27,29). The lowest BCUT2D eigenvalue weighted by Crippen LogP contribution is -2.65. The van der Waals surface area contributed by atoms with Gasteiger partial charge in [-0.05, 0) is 38.8 Å². The molecule has 1 aliphatic heterocycles. The molecule has 0 spiro atoms. The number of hydrogen-bond donors (Lipinski definition) is 3. The van der Waals surface area contributed by atoms with Crippen molar-refractivity contribution in [3.05, 3.63) is 58.5 Å². The van der Waals surface area contributed by atoms with E-state index in [0.29, 0.717) is 36.2 Å². The van der Waals surface area contributed by atoms with E-state index in [1.54, 1.807) is 14.0 Å². The molecule has 0 aliphatic carbocycles. The highest BCUT2D eigenvalue weighted by Gasteiger charge is 2.46. The zero-order valence-corrected chi connectivity index (χ0v) is 19.5. The number of benzene rings is 1. The summed E-state index contributed by atoms with van der Waals surface area (Å²) in [5.74, 6) is 0.332. The first-order valence-corrected chi connectivity index (χ1v) is 10.8. The van der Waals surface area contributed by atoms with Crippen LogP contribution in [-0.4, -0.2) is 57.2 Å². The van der Waals surface area contributed by atoms with E-state index in [2.05, 4.69) is 57.7 Å². The first kappa shape index (κ1) is 22.8. The summed E-state index contributed by atoms with van der Waals surface area (Å²) in [6.07, 6.45) is 2.69. The van der Waals surface area contributed by atoms with Crippen molar-refractivity contribution in [2.75, 3.05) is 22.6 Å². The largest absolute Gasteiger partial charge is 0.391 e. The van der Waals surface area contributed by atoms with Crippen molar-refractivity contribution in [2.24, 2.45) is 0 Å². The smallest absolute Gasteiger partial charge is 0.243 e. The summed E-state index contributed by atoms with van der Waals surface area (Å²) in [4.78, 5) is 23.0. The third kappa shape index (κ3) is 4.18. The van der Waals surface area contributed by atoms with E-state index in [4.69, 9.17) is 7.85 Å². The lowest BCUT2D eigenvalue weighted by atomic mass is 9.70. The second-order valence-corrected chi connectivity index (χ2v) is 8.68. The number of likely N-dealkylation sites (N-methyl/N-ethyl adjacent to an activating group) is 1. The second-order valence-electron chi connectivity index (χ2n) is 8.68. The van der Waals surface area contributed by atoms with Gasteiger partial charge in [0, 0.05) is 25.4 Å². The number of amides is 1. The molecule has 10 heteroatoms. The molecule has 2 aromatic heterocycles. The Bertz CT molecular complexity index is 1210. The average Bonchev–Trinajstić information content (AvgIpc) is 3.21. The highest BCUT2D eigenvalue weighted by atomic mass is 16.3. The maximum atomic E-state index is 12.5. The summed E-state index contributed by atoms with van der Waals surface area (Å²) < 4.78 is 1.91. The van der Waals surface area contributed by atoms with Crippen LogP contribution in [0.5, 0.6) is 0 Å². The van der Waals surface area contributed by atoms with Crippen LogP contribution in [0.2, 0.25) is 0 Å². The Morgan fingerprint density at radius 2 is 2.03 bits per heavy atom. The fourth-order valence-electron chi connectivity index (χ4n) is 4.00. The van der Waals surface area contributed by atoms with Gasteiger partial charge in [0.25, 0.3) is 0 Å². The summed E-state index contributed by atoms with van der Waals surface area (Å²) in [6.45, 7) is 8.63. The average molecular weight is 445 g/mol. The molecule has 9 nitrogen and oxygen atoms in total. The monoisotopic (exact) mass is 445 g/mol. The van der Waals surface area contributed by atoms with Crippen molar-refractivity contribution in [3.63, 3.8) is 0 Å². The number of nitrogens with one attached hydrogen (secondary N) is 2. The van der Waals surface area contributed by atoms with Gasteiger partial charge < -0.3 is 20.6 Å². The van der Waals surface area contributed by atoms with E-state index in [0.717, 1.165) is 5.56 Å². The van der Waals surface area contributed by atoms with Crippen molar-refractivity contribution in [3.8, 4) is 0 Å². The first-order valence-electron chi connectivity index (χ1n) is 10.8. The van der Waals surface area contributed by atoms with Gasteiger partial charge in [-0.1, -0.05) is 23.8 Å². The summed E-state index contributed by atoms with van der Waals surface area (Å²) in [5.41, 5.74) is 4.15. The highest BCUT2D eigenvalue weighted by Crippen LogP contribution is 2.36. The number of aryl methyl sites for hydroxylation is 3. The topological polar surface area (TPSA) is 108 Å². The predicted octanol–water partition coefficient (Wildman–Crippen LogP) is 1.89. The van der Waals surface area contributed by atoms with Gasteiger partial charge in [-0.25, -0.2) is 4.98 Å². The zero-order valence-electron chi connectivity index (χ0n) is 19.5. The van der Waals surface area contributed by atoms with E-state index >= 15 is 0 Å². The number of aromatic nitrogens is 4. The van der Waals surface area contributed by atoms with Crippen molar-refractivity contribution in [1.29, 1.82) is 0 Å². The number of carbonyl (C=O) groups excluding carboxylic acids is 1. The summed E-state index contributed by atoms with van der Waals surface area (Å²) in [7, 11) is 7.86. The fourth-order valence-corrected chi connectivity index (χ4v) is 4.00. The summed E-state index contributed by atoms with van der Waals surface area (Å²) in [6, 6.07) is 6.41. The number of aliphatic hydroxyl groups is 1. The van der Waals surface area contributed by atoms with Crippen LogP contribution in [0, 0.1) is 20.8 Å². The van der Waals surface area contributed by atoms with Gasteiger partial charge in [0.1, 0.15) is 19.0 Å². The molecule has 0 saturated carbocycles. The molecule has 1 amide bonds. The molecule has 1 aliphatic rings. The summed E-state index contributed by atoms with van der Waals surface area (Å²) in [5, 5.41) is 20.6. The van der Waals surface area contributed by atoms with Crippen LogP contribution < -0.4 is 15.5 Å². The first-order chi connectivity index (χ1) is 15.6. The number of rotatable bonds is 6. The lowest BCUT2D eigenvalue weighted by molar-refractivity contribution is -0.121. The molecule has 2 unspecified atom stereocenters. The third-order valence-electron chi connectivity index (χ3n) is 6.15. The van der Waals surface area contributed by atoms with Gasteiger partial charge in [0.05, 0.1) is 24.5 Å². The van der Waals surface area contributed by atoms with Crippen molar-refractivity contribution in [2.45, 2.75) is 52.3 Å². The molecule has 1 aromatic carbocycles. The van der Waals surface area contributed by atoms with E-state index in [1.807, 2.05) is 17.1 Å². The molecular weight excluding hydrogens is 417 g/mol. The van der Waals surface area contributed by atoms with Crippen LogP contribution in [0.4, 0.5) is 17.5 Å². The zero-order chi connectivity index (χ0) is 23.9. The third-order valence-corrected chi connectivity index (χ3v) is 6.15. The SMILES string of the molecule is [B]C1(C(C)O)C(=O)Nc2c(C)nc(NCc3cnn(Cc4ccc(C)cc4C)c3)nc2N1C. The van der Waals surface area contributed by atoms with Crippen molar-refractivity contribution in [1.82, 2.24) is 19.7 Å². The Hall–Kier alpha value is -3.40. The maximum Gasteiger partial charge on any atom is 0.243 e. The Morgan fingerprint density at radius 1 is 1.27 bits per heavy atom. The molecule has 2 radical (unpaired) electrons. The van der Waals surface area contributed by atoms with Gasteiger partial charge >= 0.3 is 0 Å². The lowest BCUT2D eigenvalue weighted by Gasteiger charge is -2.45. The maximum absolute atomic E-state index is 12.5. The van der Waals surface area contributed by atoms with Crippen molar-refractivity contribution >= 4 is 31.2 Å². The van der Waals surface area contributed by atoms with Crippen LogP contribution in [0.25, 0.3) is 0 Å². The van der Waals surface area contributed by atoms with Crippen molar-refractivity contribution < 1.29 is 9.90 Å². The fraction of sp³-hybridized carbons (Fsp3) is 0.391. The van der Waals surface area contributed by atoms with Crippen LogP contribution in [-0.2, 0) is 17.9 Å². The Labute approximate surface area is 194 Å². The number of carbonyl (C=O) groups is 1. The van der Waals surface area contributed by atoms with Crippen LogP contribution in [0.3, 0.4) is 0 Å². The predicted molar refractivity (Wildman–Crippen MR) is 129 cm³/mol. The van der Waals surface area contributed by atoms with Crippen LogP contribution >= 0.6 is 0 Å². The van der Waals surface area contributed by atoms with Crippen LogP contribution in [0.15, 0.2) is 30.6 Å². The summed E-state index contributed by atoms with van der Waals surface area (Å²) >= 11 is 0. The molecule has 3 N–H and O–H groups in total. The quantitative estimate of drug-likeness (QED) is 0.498. The normalized spacial score (nSPS) is 18.6. The minimum absolute atomic E-state index is 0.393. The molecule has 4 rings (SSSR count). The van der Waals surface area contributed by atoms with Gasteiger partial charge in [-0.2, -0.15) is 10.1 Å². The molecule has 0 saturated heterocycles.